The van der Waals surface area contributed by atoms with Gasteiger partial charge in [0.2, 0.25) is 0 Å². The molecule has 2 atom stereocenters. The fourth-order valence-electron chi connectivity index (χ4n) is 2.84. The van der Waals surface area contributed by atoms with Gasteiger partial charge in [0, 0.05) is 6.42 Å². The van der Waals surface area contributed by atoms with Crippen LogP contribution in [0, 0.1) is 5.92 Å². The average molecular weight is 353 g/mol. The van der Waals surface area contributed by atoms with E-state index in [-0.39, 0.29) is 17.2 Å². The van der Waals surface area contributed by atoms with Gasteiger partial charge in [-0.1, -0.05) is 38.1 Å². The Morgan fingerprint density at radius 2 is 1.62 bits per heavy atom. The van der Waals surface area contributed by atoms with Crippen molar-refractivity contribution < 1.29 is 19.8 Å². The lowest BCUT2D eigenvalue weighted by molar-refractivity contribution is -0.129. The van der Waals surface area contributed by atoms with Crippen molar-refractivity contribution in [2.45, 2.75) is 70.9 Å². The van der Waals surface area contributed by atoms with E-state index >= 15 is 0 Å². The molecule has 0 saturated heterocycles. The second-order valence-electron chi connectivity index (χ2n) is 8.09. The molecule has 0 aliphatic heterocycles. The minimum absolute atomic E-state index is 0.159. The summed E-state index contributed by atoms with van der Waals surface area (Å²) in [4.78, 5) is 22.8. The summed E-state index contributed by atoms with van der Waals surface area (Å²) < 4.78 is 0. The van der Waals surface area contributed by atoms with Crippen LogP contribution in [0.2, 0.25) is 18.1 Å². The lowest BCUT2D eigenvalue weighted by Crippen LogP contribution is -2.40. The van der Waals surface area contributed by atoms with E-state index in [0.717, 1.165) is 17.5 Å². The Balaban J connectivity index is 2.92. The molecule has 0 aliphatic rings. The Morgan fingerprint density at radius 3 is 2.08 bits per heavy atom. The highest BCUT2D eigenvalue weighted by Gasteiger charge is 2.38. The maximum absolute atomic E-state index is 12.4. The van der Waals surface area contributed by atoms with Crippen LogP contribution >= 0.6 is 0 Å². The zero-order valence-corrected chi connectivity index (χ0v) is 16.7. The molecule has 3 N–H and O–H groups in total. The number of ketones is 1. The molecule has 0 heterocycles. The van der Waals surface area contributed by atoms with Gasteiger partial charge in [-0.15, -0.1) is 0 Å². The maximum Gasteiger partial charge on any atom is 0.188 e. The van der Waals surface area contributed by atoms with Gasteiger partial charge in [-0.3, -0.25) is 4.79 Å². The van der Waals surface area contributed by atoms with Crippen LogP contribution in [-0.4, -0.2) is 41.3 Å². The predicted octanol–water partition coefficient (Wildman–Crippen LogP) is 2.70. The van der Waals surface area contributed by atoms with Gasteiger partial charge in [-0.05, 0) is 49.5 Å². The number of aliphatic hydroxyl groups is 2. The van der Waals surface area contributed by atoms with Gasteiger partial charge in [0.05, 0.1) is 18.1 Å². The Labute approximate surface area is 146 Å². The Kier molecular flexibility index (Phi) is 6.93. The number of carbonyl (C=O) groups excluding carboxylic acids is 1. The molecule has 0 bridgehead atoms. The molecule has 0 radical (unpaired) electrons. The van der Waals surface area contributed by atoms with Gasteiger partial charge >= 0.3 is 0 Å². The summed E-state index contributed by atoms with van der Waals surface area (Å²) in [5, 5.41) is 19.3. The number of carbonyl (C=O) groups is 1. The molecule has 0 saturated carbocycles. The third kappa shape index (κ3) is 5.52. The van der Waals surface area contributed by atoms with Gasteiger partial charge in [0.1, 0.15) is 5.78 Å². The second-order valence-corrected chi connectivity index (χ2v) is 12.6. The summed E-state index contributed by atoms with van der Waals surface area (Å²) in [6.45, 7) is 11.1. The molecule has 24 heavy (non-hydrogen) atoms. The van der Waals surface area contributed by atoms with Gasteiger partial charge in [0.25, 0.3) is 0 Å². The fraction of sp³-hybridized carbons (Fsp3) is 0.632. The van der Waals surface area contributed by atoms with Crippen molar-refractivity contribution in [2.75, 3.05) is 0 Å². The van der Waals surface area contributed by atoms with Gasteiger partial charge in [-0.2, -0.15) is 0 Å². The van der Waals surface area contributed by atoms with Crippen LogP contribution in [-0.2, 0) is 17.6 Å². The normalized spacial score (nSPS) is 16.5. The molecule has 0 spiro atoms. The average Bonchev–Trinajstić information content (AvgIpc) is 2.35. The van der Waals surface area contributed by atoms with Crippen LogP contribution in [0.1, 0.15) is 38.8 Å². The van der Waals surface area contributed by atoms with Crippen molar-refractivity contribution in [3.63, 3.8) is 0 Å². The Morgan fingerprint density at radius 1 is 1.12 bits per heavy atom. The predicted molar refractivity (Wildman–Crippen MR) is 99.5 cm³/mol. The first-order valence-corrected chi connectivity index (χ1v) is 11.5. The number of Topliss-reactive ketones (excluding diaryl/α,β-unsaturated/α-hetero) is 1. The number of rotatable bonds is 8. The highest BCUT2D eigenvalue weighted by molar-refractivity contribution is 6.72. The van der Waals surface area contributed by atoms with Gasteiger partial charge in [-0.25, -0.2) is 0 Å². The van der Waals surface area contributed by atoms with Crippen molar-refractivity contribution in [1.29, 1.82) is 0 Å². The molecule has 0 aromatic heterocycles. The molecule has 4 nitrogen and oxygen atoms in total. The van der Waals surface area contributed by atoms with E-state index < -0.39 is 26.4 Å². The minimum atomic E-state index is -2.30. The quantitative estimate of drug-likeness (QED) is 0.629. The summed E-state index contributed by atoms with van der Waals surface area (Å²) in [5.74, 6) is -0.929. The van der Waals surface area contributed by atoms with Crippen molar-refractivity contribution in [2.24, 2.45) is 5.92 Å². The molecular weight excluding hydrogens is 320 g/mol. The molecule has 5 heteroatoms. The van der Waals surface area contributed by atoms with E-state index in [1.807, 2.05) is 37.4 Å². The third-order valence-corrected chi connectivity index (χ3v) is 8.57. The lowest BCUT2D eigenvalue weighted by atomic mass is 9.89. The Bertz CT molecular complexity index is 551. The number of aliphatic hydroxyl groups excluding tert-OH is 2. The molecule has 0 fully saturated rings. The molecule has 136 valence electrons. The largest absolute Gasteiger partial charge is 0.432 e. The molecule has 0 amide bonds. The second kappa shape index (κ2) is 7.91. The molecule has 0 aliphatic carbocycles. The van der Waals surface area contributed by atoms with Crippen LogP contribution in [0.15, 0.2) is 24.3 Å². The minimum Gasteiger partial charge on any atom is -0.432 e. The molecule has 1 aromatic carbocycles. The van der Waals surface area contributed by atoms with Crippen molar-refractivity contribution in [3.8, 4) is 0 Å². The number of benzene rings is 1. The first-order valence-electron chi connectivity index (χ1n) is 8.54. The number of hydrogen-bond acceptors (Lipinski definition) is 4. The molecule has 1 rings (SSSR count). The molecule has 1 aromatic rings. The van der Waals surface area contributed by atoms with Gasteiger partial charge in [0.15, 0.2) is 8.32 Å². The highest BCUT2D eigenvalue weighted by Crippen LogP contribution is 2.38. The molecular formula is C19H32O4Si. The van der Waals surface area contributed by atoms with Crippen LogP contribution < -0.4 is 0 Å². The highest BCUT2D eigenvalue weighted by atomic mass is 28.4. The zero-order valence-electron chi connectivity index (χ0n) is 15.7. The lowest BCUT2D eigenvalue weighted by Gasteiger charge is -2.35. The zero-order chi connectivity index (χ0) is 18.7. The van der Waals surface area contributed by atoms with E-state index in [4.69, 9.17) is 0 Å². The molecule has 2 unspecified atom stereocenters. The van der Waals surface area contributed by atoms with E-state index in [2.05, 4.69) is 13.8 Å². The SMILES string of the molecule is CC(O)C(C(=O)Cc1cccc(CC(C)(C)[Si](C)(C)O)c1)C(C)O. The topological polar surface area (TPSA) is 77.8 Å². The van der Waals surface area contributed by atoms with E-state index in [0.29, 0.717) is 0 Å². The summed E-state index contributed by atoms with van der Waals surface area (Å²) in [7, 11) is -2.30. The third-order valence-electron chi connectivity index (χ3n) is 5.08. The van der Waals surface area contributed by atoms with E-state index in [1.54, 1.807) is 0 Å². The number of hydrogen-bond donors (Lipinski definition) is 3. The van der Waals surface area contributed by atoms with Crippen molar-refractivity contribution >= 4 is 14.1 Å². The summed E-state index contributed by atoms with van der Waals surface area (Å²) in [6.07, 6.45) is -0.808. The van der Waals surface area contributed by atoms with E-state index in [9.17, 15) is 19.8 Å². The van der Waals surface area contributed by atoms with Crippen LogP contribution in [0.5, 0.6) is 0 Å². The monoisotopic (exact) mass is 352 g/mol. The van der Waals surface area contributed by atoms with Crippen LogP contribution in [0.4, 0.5) is 0 Å². The van der Waals surface area contributed by atoms with E-state index in [1.165, 1.54) is 13.8 Å². The van der Waals surface area contributed by atoms with Gasteiger partial charge < -0.3 is 15.0 Å². The van der Waals surface area contributed by atoms with Crippen LogP contribution in [0.25, 0.3) is 0 Å². The fourth-order valence-corrected chi connectivity index (χ4v) is 3.47. The van der Waals surface area contributed by atoms with Crippen molar-refractivity contribution in [3.05, 3.63) is 35.4 Å². The first-order chi connectivity index (χ1) is 10.8. The smallest absolute Gasteiger partial charge is 0.188 e. The summed E-state index contributed by atoms with van der Waals surface area (Å²) in [5.41, 5.74) is 1.96. The summed E-state index contributed by atoms with van der Waals surface area (Å²) in [6, 6.07) is 7.80. The Hall–Kier alpha value is -1.01. The standard InChI is InChI=1S/C19H32O4Si/c1-13(20)18(14(2)21)17(22)11-15-8-7-9-16(10-15)12-19(3,4)24(5,6)23/h7-10,13-14,18,20-21,23H,11-12H2,1-6H3. The first kappa shape index (κ1) is 21.0. The van der Waals surface area contributed by atoms with Crippen molar-refractivity contribution in [1.82, 2.24) is 0 Å². The maximum atomic E-state index is 12.4. The van der Waals surface area contributed by atoms with Crippen LogP contribution in [0.3, 0.4) is 0 Å². The summed E-state index contributed by atoms with van der Waals surface area (Å²) >= 11 is 0.